The lowest BCUT2D eigenvalue weighted by molar-refractivity contribution is 0.621. The molecule has 0 saturated heterocycles. The maximum Gasteiger partial charge on any atom is 0.328 e. The van der Waals surface area contributed by atoms with Crippen molar-refractivity contribution in [2.24, 2.45) is 0 Å². The van der Waals surface area contributed by atoms with E-state index in [4.69, 9.17) is 11.0 Å². The molecule has 2 aromatic rings. The topological polar surface area (TPSA) is 105 Å². The second-order valence-corrected chi connectivity index (χ2v) is 3.88. The monoisotopic (exact) mass is 260 g/mol. The van der Waals surface area contributed by atoms with Crippen molar-refractivity contribution in [3.63, 3.8) is 0 Å². The van der Waals surface area contributed by atoms with Gasteiger partial charge in [0.2, 0.25) is 0 Å². The number of nitrogen functional groups attached to an aromatic ring is 1. The number of nitriles is 1. The summed E-state index contributed by atoms with van der Waals surface area (Å²) in [6.07, 6.45) is 1.16. The minimum atomic E-state index is -0.680. The van der Waals surface area contributed by atoms with Crippen molar-refractivity contribution in [1.29, 1.82) is 5.26 Å². The standard InChI is InChI=1S/C12H9FN4O2/c13-9-2-1-7(4-14)8(3-9)5-17-6-10(15)11(18)16-12(17)19/h1-3,6H,5,15H2,(H,16,18,19). The first kappa shape index (κ1) is 12.6. The molecule has 0 spiro atoms. The molecule has 19 heavy (non-hydrogen) atoms. The van der Waals surface area contributed by atoms with E-state index in [0.717, 1.165) is 22.9 Å². The lowest BCUT2D eigenvalue weighted by Gasteiger charge is -2.07. The molecule has 1 heterocycles. The average Bonchev–Trinajstić information content (AvgIpc) is 2.36. The van der Waals surface area contributed by atoms with E-state index in [2.05, 4.69) is 0 Å². The maximum atomic E-state index is 13.2. The van der Waals surface area contributed by atoms with Crippen LogP contribution in [0.25, 0.3) is 0 Å². The fourth-order valence-electron chi connectivity index (χ4n) is 1.63. The molecule has 0 atom stereocenters. The van der Waals surface area contributed by atoms with Crippen LogP contribution in [-0.2, 0) is 6.54 Å². The molecule has 7 heteroatoms. The van der Waals surface area contributed by atoms with Crippen LogP contribution in [0.5, 0.6) is 0 Å². The first-order chi connectivity index (χ1) is 9.01. The summed E-state index contributed by atoms with van der Waals surface area (Å²) in [5.41, 5.74) is 4.50. The number of halogens is 1. The Morgan fingerprint density at radius 2 is 2.16 bits per heavy atom. The Balaban J connectivity index is 2.51. The molecule has 0 radical (unpaired) electrons. The SMILES string of the molecule is N#Cc1ccc(F)cc1Cn1cc(N)c(=O)[nH]c1=O. The number of nitrogens with one attached hydrogen (secondary N) is 1. The van der Waals surface area contributed by atoms with Crippen LogP contribution >= 0.6 is 0 Å². The van der Waals surface area contributed by atoms with E-state index in [1.165, 1.54) is 6.07 Å². The molecule has 0 fully saturated rings. The predicted octanol–water partition coefficient (Wildman–Crippen LogP) is 0.178. The summed E-state index contributed by atoms with van der Waals surface area (Å²) >= 11 is 0. The molecule has 2 rings (SSSR count). The molecule has 6 nitrogen and oxygen atoms in total. The van der Waals surface area contributed by atoms with Crippen molar-refractivity contribution < 1.29 is 4.39 Å². The van der Waals surface area contributed by atoms with E-state index in [9.17, 15) is 14.0 Å². The summed E-state index contributed by atoms with van der Waals surface area (Å²) in [7, 11) is 0. The van der Waals surface area contributed by atoms with Crippen molar-refractivity contribution in [1.82, 2.24) is 9.55 Å². The van der Waals surface area contributed by atoms with Crippen molar-refractivity contribution in [3.8, 4) is 6.07 Å². The highest BCUT2D eigenvalue weighted by Gasteiger charge is 2.07. The van der Waals surface area contributed by atoms with Crippen LogP contribution in [-0.4, -0.2) is 9.55 Å². The van der Waals surface area contributed by atoms with Crippen LogP contribution in [0, 0.1) is 17.1 Å². The lowest BCUT2D eigenvalue weighted by atomic mass is 10.1. The number of aromatic nitrogens is 2. The number of hydrogen-bond donors (Lipinski definition) is 2. The van der Waals surface area contributed by atoms with Crippen LogP contribution in [0.15, 0.2) is 34.0 Å². The number of benzene rings is 1. The zero-order valence-electron chi connectivity index (χ0n) is 9.68. The molecule has 1 aromatic heterocycles. The zero-order valence-corrected chi connectivity index (χ0v) is 9.68. The Hall–Kier alpha value is -2.88. The third-order valence-electron chi connectivity index (χ3n) is 2.57. The highest BCUT2D eigenvalue weighted by molar-refractivity contribution is 5.38. The van der Waals surface area contributed by atoms with Gasteiger partial charge in [-0.3, -0.25) is 14.3 Å². The molecule has 0 amide bonds. The highest BCUT2D eigenvalue weighted by atomic mass is 19.1. The van der Waals surface area contributed by atoms with Crippen molar-refractivity contribution in [3.05, 3.63) is 62.2 Å². The van der Waals surface area contributed by atoms with Gasteiger partial charge in [-0.25, -0.2) is 9.18 Å². The summed E-state index contributed by atoms with van der Waals surface area (Å²) in [6.45, 7) is -0.0551. The fraction of sp³-hybridized carbons (Fsp3) is 0.0833. The van der Waals surface area contributed by atoms with Crippen molar-refractivity contribution in [2.45, 2.75) is 6.54 Å². The summed E-state index contributed by atoms with van der Waals surface area (Å²) < 4.78 is 14.3. The molecule has 3 N–H and O–H groups in total. The fourth-order valence-corrected chi connectivity index (χ4v) is 1.63. The normalized spacial score (nSPS) is 10.1. The second-order valence-electron chi connectivity index (χ2n) is 3.88. The van der Waals surface area contributed by atoms with Gasteiger partial charge in [0, 0.05) is 6.20 Å². The number of anilines is 1. The number of nitrogens with zero attached hydrogens (tertiary/aromatic N) is 2. The number of rotatable bonds is 2. The van der Waals surface area contributed by atoms with E-state index in [0.29, 0.717) is 5.56 Å². The van der Waals surface area contributed by atoms with Gasteiger partial charge in [-0.05, 0) is 23.8 Å². The second kappa shape index (κ2) is 4.78. The van der Waals surface area contributed by atoms with Gasteiger partial charge < -0.3 is 5.73 Å². The summed E-state index contributed by atoms with van der Waals surface area (Å²) in [4.78, 5) is 24.7. The predicted molar refractivity (Wildman–Crippen MR) is 66.0 cm³/mol. The lowest BCUT2D eigenvalue weighted by Crippen LogP contribution is -2.31. The number of H-pyrrole nitrogens is 1. The van der Waals surface area contributed by atoms with Crippen molar-refractivity contribution >= 4 is 5.69 Å². The molecule has 1 aromatic carbocycles. The third kappa shape index (κ3) is 2.52. The Bertz CT molecular complexity index is 786. The van der Waals surface area contributed by atoms with E-state index in [-0.39, 0.29) is 17.8 Å². The molecule has 96 valence electrons. The molecule has 0 aliphatic rings. The highest BCUT2D eigenvalue weighted by Crippen LogP contribution is 2.11. The molecule has 0 bridgehead atoms. The molecular weight excluding hydrogens is 251 g/mol. The van der Waals surface area contributed by atoms with Gasteiger partial charge >= 0.3 is 5.69 Å². The Morgan fingerprint density at radius 1 is 1.42 bits per heavy atom. The Labute approximate surface area is 106 Å². The minimum Gasteiger partial charge on any atom is -0.393 e. The summed E-state index contributed by atoms with van der Waals surface area (Å²) in [6, 6.07) is 5.55. The third-order valence-corrected chi connectivity index (χ3v) is 2.57. The minimum absolute atomic E-state index is 0.0551. The number of nitrogens with two attached hydrogens (primary N) is 1. The van der Waals surface area contributed by atoms with Gasteiger partial charge in [-0.1, -0.05) is 0 Å². The zero-order chi connectivity index (χ0) is 14.0. The van der Waals surface area contributed by atoms with E-state index in [1.54, 1.807) is 0 Å². The summed E-state index contributed by atoms with van der Waals surface area (Å²) in [5.74, 6) is -0.514. The van der Waals surface area contributed by atoms with Crippen LogP contribution in [0.3, 0.4) is 0 Å². The van der Waals surface area contributed by atoms with E-state index in [1.807, 2.05) is 11.1 Å². The van der Waals surface area contributed by atoms with Crippen LogP contribution in [0.4, 0.5) is 10.1 Å². The van der Waals surface area contributed by atoms with Crippen LogP contribution in [0.2, 0.25) is 0 Å². The van der Waals surface area contributed by atoms with Gasteiger partial charge in [0.1, 0.15) is 11.5 Å². The van der Waals surface area contributed by atoms with Gasteiger partial charge in [-0.15, -0.1) is 0 Å². The maximum absolute atomic E-state index is 13.2. The first-order valence-electron chi connectivity index (χ1n) is 5.29. The van der Waals surface area contributed by atoms with E-state index >= 15 is 0 Å². The van der Waals surface area contributed by atoms with Crippen LogP contribution in [0.1, 0.15) is 11.1 Å². The summed E-state index contributed by atoms with van der Waals surface area (Å²) in [5, 5.41) is 8.91. The molecule has 0 aliphatic carbocycles. The number of hydrogen-bond acceptors (Lipinski definition) is 4. The average molecular weight is 260 g/mol. The van der Waals surface area contributed by atoms with Gasteiger partial charge in [-0.2, -0.15) is 5.26 Å². The quantitative estimate of drug-likeness (QED) is 0.803. The largest absolute Gasteiger partial charge is 0.393 e. The van der Waals surface area contributed by atoms with Crippen molar-refractivity contribution in [2.75, 3.05) is 5.73 Å². The number of aromatic amines is 1. The molecule has 0 saturated carbocycles. The first-order valence-corrected chi connectivity index (χ1v) is 5.29. The molecule has 0 unspecified atom stereocenters. The Morgan fingerprint density at radius 3 is 2.84 bits per heavy atom. The van der Waals surface area contributed by atoms with Crippen LogP contribution < -0.4 is 17.0 Å². The van der Waals surface area contributed by atoms with Gasteiger partial charge in [0.15, 0.2) is 0 Å². The smallest absolute Gasteiger partial charge is 0.328 e. The van der Waals surface area contributed by atoms with Gasteiger partial charge in [0.05, 0.1) is 18.2 Å². The van der Waals surface area contributed by atoms with E-state index < -0.39 is 17.1 Å². The Kier molecular flexibility index (Phi) is 3.16. The molecule has 0 aliphatic heterocycles. The van der Waals surface area contributed by atoms with Gasteiger partial charge in [0.25, 0.3) is 5.56 Å². The molecular formula is C12H9FN4O2.